The van der Waals surface area contributed by atoms with E-state index < -0.39 is 15.9 Å². The Balaban J connectivity index is 1.83. The molecule has 0 radical (unpaired) electrons. The van der Waals surface area contributed by atoms with Gasteiger partial charge < -0.3 is 4.74 Å². The van der Waals surface area contributed by atoms with E-state index in [9.17, 15) is 13.2 Å². The van der Waals surface area contributed by atoms with Gasteiger partial charge in [0.15, 0.2) is 5.13 Å². The number of carbonyl (C=O) groups excluding carboxylic acids is 1. The summed E-state index contributed by atoms with van der Waals surface area (Å²) < 4.78 is 33.1. The first-order valence-electron chi connectivity index (χ1n) is 9.13. The van der Waals surface area contributed by atoms with Crippen molar-refractivity contribution in [3.05, 3.63) is 65.2 Å². The number of amides is 1. The predicted octanol–water partition coefficient (Wildman–Crippen LogP) is 4.50. The maximum absolute atomic E-state index is 12.8. The van der Waals surface area contributed by atoms with Crippen molar-refractivity contribution in [3.63, 3.8) is 0 Å². The smallest absolute Gasteiger partial charge is 0.261 e. The summed E-state index contributed by atoms with van der Waals surface area (Å²) in [5, 5.41) is 5.10. The van der Waals surface area contributed by atoms with Crippen LogP contribution in [0.2, 0.25) is 0 Å². The van der Waals surface area contributed by atoms with Gasteiger partial charge in [0.25, 0.3) is 15.9 Å². The van der Waals surface area contributed by atoms with E-state index in [1.54, 1.807) is 36.4 Å². The fourth-order valence-electron chi connectivity index (χ4n) is 2.57. The minimum absolute atomic E-state index is 0.0632. The summed E-state index contributed by atoms with van der Waals surface area (Å²) in [5.74, 6) is 0.102. The summed E-state index contributed by atoms with van der Waals surface area (Å²) in [4.78, 5) is 17.3. The zero-order valence-electron chi connectivity index (χ0n) is 17.1. The van der Waals surface area contributed by atoms with Crippen molar-refractivity contribution in [3.8, 4) is 5.75 Å². The molecule has 0 unspecified atom stereocenters. The number of carbonyl (C=O) groups is 1. The van der Waals surface area contributed by atoms with Crippen LogP contribution >= 0.6 is 11.3 Å². The number of aromatic nitrogens is 1. The van der Waals surface area contributed by atoms with Gasteiger partial charge in [0.05, 0.1) is 29.0 Å². The Bertz CT molecular complexity index is 1150. The van der Waals surface area contributed by atoms with Crippen LogP contribution < -0.4 is 14.8 Å². The van der Waals surface area contributed by atoms with Gasteiger partial charge in [-0.3, -0.25) is 14.8 Å². The fourth-order valence-corrected chi connectivity index (χ4v) is 4.58. The number of nitrogens with zero attached hydrogens (tertiary/aromatic N) is 1. The maximum atomic E-state index is 12.8. The van der Waals surface area contributed by atoms with Crippen molar-refractivity contribution >= 4 is 38.1 Å². The Labute approximate surface area is 180 Å². The van der Waals surface area contributed by atoms with Gasteiger partial charge in [0.1, 0.15) is 5.75 Å². The van der Waals surface area contributed by atoms with Crippen molar-refractivity contribution in [1.29, 1.82) is 0 Å². The first-order chi connectivity index (χ1) is 14.1. The molecule has 2 N–H and O–H groups in total. The summed E-state index contributed by atoms with van der Waals surface area (Å²) in [5.41, 5.74) is 1.11. The molecule has 0 aliphatic rings. The second-order valence-electron chi connectivity index (χ2n) is 7.57. The van der Waals surface area contributed by atoms with Crippen molar-refractivity contribution in [1.82, 2.24) is 4.98 Å². The second kappa shape index (κ2) is 8.45. The molecule has 0 saturated heterocycles. The number of rotatable bonds is 6. The Hall–Kier alpha value is -2.91. The SMILES string of the molecule is COc1ccc(S(=O)(=O)Nc2ccccc2C(=O)Nc2nc(C(C)(C)C)cs2)cc1. The number of para-hydroxylation sites is 1. The first kappa shape index (κ1) is 21.8. The van der Waals surface area contributed by atoms with Crippen LogP contribution in [0, 0.1) is 0 Å². The number of methoxy groups -OCH3 is 1. The first-order valence-corrected chi connectivity index (χ1v) is 11.5. The van der Waals surface area contributed by atoms with Crippen LogP contribution in [-0.4, -0.2) is 26.4 Å². The van der Waals surface area contributed by atoms with Crippen molar-refractivity contribution in [2.45, 2.75) is 31.1 Å². The molecule has 158 valence electrons. The lowest BCUT2D eigenvalue weighted by molar-refractivity contribution is 0.102. The van der Waals surface area contributed by atoms with Gasteiger partial charge in [-0.2, -0.15) is 0 Å². The highest BCUT2D eigenvalue weighted by Gasteiger charge is 2.21. The molecule has 0 aliphatic carbocycles. The summed E-state index contributed by atoms with van der Waals surface area (Å²) in [7, 11) is -2.38. The van der Waals surface area contributed by atoms with Crippen LogP contribution in [0.1, 0.15) is 36.8 Å². The lowest BCUT2D eigenvalue weighted by atomic mass is 9.93. The van der Waals surface area contributed by atoms with E-state index in [4.69, 9.17) is 4.74 Å². The Morgan fingerprint density at radius 3 is 2.33 bits per heavy atom. The van der Waals surface area contributed by atoms with Gasteiger partial charge in [-0.1, -0.05) is 32.9 Å². The third-order valence-corrected chi connectivity index (χ3v) is 6.42. The van der Waals surface area contributed by atoms with Gasteiger partial charge in [-0.05, 0) is 36.4 Å². The average molecular weight is 446 g/mol. The normalized spacial score (nSPS) is 11.7. The molecule has 0 atom stereocenters. The predicted molar refractivity (Wildman–Crippen MR) is 119 cm³/mol. The highest BCUT2D eigenvalue weighted by atomic mass is 32.2. The Morgan fingerprint density at radius 1 is 1.07 bits per heavy atom. The van der Waals surface area contributed by atoms with Gasteiger partial charge in [0.2, 0.25) is 0 Å². The van der Waals surface area contributed by atoms with Gasteiger partial charge >= 0.3 is 0 Å². The summed E-state index contributed by atoms with van der Waals surface area (Å²) in [6.07, 6.45) is 0. The molecular weight excluding hydrogens is 422 g/mol. The monoisotopic (exact) mass is 445 g/mol. The molecule has 0 bridgehead atoms. The largest absolute Gasteiger partial charge is 0.497 e. The van der Waals surface area contributed by atoms with Crippen LogP contribution in [0.3, 0.4) is 0 Å². The topological polar surface area (TPSA) is 97.4 Å². The molecule has 0 aliphatic heterocycles. The summed E-state index contributed by atoms with van der Waals surface area (Å²) in [6.45, 7) is 6.12. The molecule has 3 aromatic rings. The quantitative estimate of drug-likeness (QED) is 0.582. The second-order valence-corrected chi connectivity index (χ2v) is 10.1. The highest BCUT2D eigenvalue weighted by molar-refractivity contribution is 7.92. The molecule has 30 heavy (non-hydrogen) atoms. The zero-order chi connectivity index (χ0) is 21.9. The molecule has 1 aromatic heterocycles. The van der Waals surface area contributed by atoms with Gasteiger partial charge in [-0.15, -0.1) is 11.3 Å². The minimum atomic E-state index is -3.88. The van der Waals surface area contributed by atoms with E-state index in [2.05, 4.69) is 15.0 Å². The number of benzene rings is 2. The average Bonchev–Trinajstić information content (AvgIpc) is 3.17. The summed E-state index contributed by atoms with van der Waals surface area (Å²) in [6, 6.07) is 12.4. The van der Waals surface area contributed by atoms with Crippen LogP contribution in [0.5, 0.6) is 5.75 Å². The standard InChI is InChI=1S/C21H23N3O4S2/c1-21(2,3)18-13-29-20(22-18)23-19(25)16-7-5-6-8-17(16)24-30(26,27)15-11-9-14(28-4)10-12-15/h5-13,24H,1-4H3,(H,22,23,25). The molecule has 1 heterocycles. The third kappa shape index (κ3) is 4.98. The molecule has 9 heteroatoms. The molecule has 0 saturated carbocycles. The van der Waals surface area contributed by atoms with Crippen LogP contribution in [0.4, 0.5) is 10.8 Å². The van der Waals surface area contributed by atoms with Gasteiger partial charge in [0, 0.05) is 10.8 Å². The molecule has 1 amide bonds. The van der Waals surface area contributed by atoms with Crippen molar-refractivity contribution < 1.29 is 17.9 Å². The van der Waals surface area contributed by atoms with Crippen LogP contribution in [0.15, 0.2) is 58.8 Å². The van der Waals surface area contributed by atoms with E-state index in [1.807, 2.05) is 26.2 Å². The summed E-state index contributed by atoms with van der Waals surface area (Å²) >= 11 is 1.33. The van der Waals surface area contributed by atoms with E-state index in [1.165, 1.54) is 30.6 Å². The molecule has 2 aromatic carbocycles. The molecular formula is C21H23N3O4S2. The van der Waals surface area contributed by atoms with Crippen molar-refractivity contribution in [2.75, 3.05) is 17.1 Å². The molecule has 0 fully saturated rings. The number of hydrogen-bond donors (Lipinski definition) is 2. The number of hydrogen-bond acceptors (Lipinski definition) is 6. The Kier molecular flexibility index (Phi) is 6.14. The highest BCUT2D eigenvalue weighted by Crippen LogP contribution is 2.27. The number of nitrogens with one attached hydrogen (secondary N) is 2. The minimum Gasteiger partial charge on any atom is -0.497 e. The fraction of sp³-hybridized carbons (Fsp3) is 0.238. The number of anilines is 2. The van der Waals surface area contributed by atoms with Crippen LogP contribution in [0.25, 0.3) is 0 Å². The number of ether oxygens (including phenoxy) is 1. The van der Waals surface area contributed by atoms with E-state index >= 15 is 0 Å². The van der Waals surface area contributed by atoms with Crippen LogP contribution in [-0.2, 0) is 15.4 Å². The van der Waals surface area contributed by atoms with Crippen molar-refractivity contribution in [2.24, 2.45) is 0 Å². The number of sulfonamides is 1. The van der Waals surface area contributed by atoms with E-state index in [-0.39, 0.29) is 21.6 Å². The lowest BCUT2D eigenvalue weighted by Gasteiger charge is -2.14. The third-order valence-electron chi connectivity index (χ3n) is 4.28. The lowest BCUT2D eigenvalue weighted by Crippen LogP contribution is -2.19. The molecule has 0 spiro atoms. The van der Waals surface area contributed by atoms with Gasteiger partial charge in [-0.25, -0.2) is 13.4 Å². The molecule has 3 rings (SSSR count). The Morgan fingerprint density at radius 2 is 1.73 bits per heavy atom. The van der Waals surface area contributed by atoms with E-state index in [0.717, 1.165) is 5.69 Å². The van der Waals surface area contributed by atoms with E-state index in [0.29, 0.717) is 10.9 Å². The number of thiazole rings is 1. The zero-order valence-corrected chi connectivity index (χ0v) is 18.7. The maximum Gasteiger partial charge on any atom is 0.261 e. The molecule has 7 nitrogen and oxygen atoms in total.